The van der Waals surface area contributed by atoms with Crippen LogP contribution in [0.25, 0.3) is 0 Å². The smallest absolute Gasteiger partial charge is 0.0566 e. The van der Waals surface area contributed by atoms with Crippen LogP contribution >= 0.6 is 11.3 Å². The Morgan fingerprint density at radius 2 is 2.28 bits per heavy atom. The maximum atomic E-state index is 8.88. The lowest BCUT2D eigenvalue weighted by atomic mass is 10.2. The molecule has 0 saturated carbocycles. The lowest BCUT2D eigenvalue weighted by Crippen LogP contribution is -2.27. The molecule has 0 saturated heterocycles. The quantitative estimate of drug-likeness (QED) is 0.806. The minimum absolute atomic E-state index is 0.240. The Bertz CT molecular complexity index is 450. The van der Waals surface area contributed by atoms with Crippen LogP contribution in [0.3, 0.4) is 0 Å². The predicted molar refractivity (Wildman–Crippen MR) is 75.9 cm³/mol. The van der Waals surface area contributed by atoms with Crippen molar-refractivity contribution in [1.29, 1.82) is 0 Å². The lowest BCUT2D eigenvalue weighted by Gasteiger charge is -2.14. The van der Waals surface area contributed by atoms with E-state index < -0.39 is 0 Å². The normalized spacial score (nSPS) is 12.8. The van der Waals surface area contributed by atoms with E-state index in [-0.39, 0.29) is 6.61 Å². The summed E-state index contributed by atoms with van der Waals surface area (Å²) in [4.78, 5) is 1.37. The summed E-state index contributed by atoms with van der Waals surface area (Å²) in [5.74, 6) is 0. The zero-order valence-corrected chi connectivity index (χ0v) is 11.5. The first-order valence-electron chi connectivity index (χ1n) is 6.30. The van der Waals surface area contributed by atoms with Crippen molar-refractivity contribution < 1.29 is 5.11 Å². The summed E-state index contributed by atoms with van der Waals surface area (Å²) in [5.41, 5.74) is 1.29. The van der Waals surface area contributed by atoms with Crippen molar-refractivity contribution in [3.63, 3.8) is 0 Å². The first-order chi connectivity index (χ1) is 8.79. The van der Waals surface area contributed by atoms with E-state index in [1.165, 1.54) is 10.6 Å². The molecule has 2 heterocycles. The molecule has 4 heteroatoms. The van der Waals surface area contributed by atoms with Gasteiger partial charge >= 0.3 is 0 Å². The Kier molecular flexibility index (Phi) is 4.99. The lowest BCUT2D eigenvalue weighted by molar-refractivity contribution is 0.268. The number of hydrogen-bond donors (Lipinski definition) is 2. The monoisotopic (exact) mass is 264 g/mol. The predicted octanol–water partition coefficient (Wildman–Crippen LogP) is 2.46. The van der Waals surface area contributed by atoms with E-state index in [9.17, 15) is 0 Å². The number of aliphatic hydroxyl groups is 1. The van der Waals surface area contributed by atoms with Gasteiger partial charge in [-0.3, -0.25) is 0 Å². The molecule has 0 bridgehead atoms. The van der Waals surface area contributed by atoms with Crippen molar-refractivity contribution in [1.82, 2.24) is 9.88 Å². The molecule has 0 amide bonds. The highest BCUT2D eigenvalue weighted by Crippen LogP contribution is 2.13. The van der Waals surface area contributed by atoms with Crippen LogP contribution < -0.4 is 5.32 Å². The van der Waals surface area contributed by atoms with E-state index in [2.05, 4.69) is 52.7 Å². The Morgan fingerprint density at radius 1 is 1.39 bits per heavy atom. The van der Waals surface area contributed by atoms with Gasteiger partial charge in [0.25, 0.3) is 0 Å². The largest absolute Gasteiger partial charge is 0.396 e. The molecule has 98 valence electrons. The third-order valence-corrected chi connectivity index (χ3v) is 3.88. The molecule has 0 spiro atoms. The fourth-order valence-corrected chi connectivity index (χ4v) is 2.61. The summed E-state index contributed by atoms with van der Waals surface area (Å²) in [5, 5.41) is 14.4. The highest BCUT2D eigenvalue weighted by Gasteiger charge is 2.05. The van der Waals surface area contributed by atoms with E-state index >= 15 is 0 Å². The zero-order chi connectivity index (χ0) is 12.8. The topological polar surface area (TPSA) is 37.2 Å². The number of aliphatic hydroxyl groups excluding tert-OH is 1. The molecule has 0 aliphatic carbocycles. The minimum Gasteiger partial charge on any atom is -0.396 e. The highest BCUT2D eigenvalue weighted by molar-refractivity contribution is 7.09. The molecule has 3 nitrogen and oxygen atoms in total. The van der Waals surface area contributed by atoms with Gasteiger partial charge in [-0.25, -0.2) is 0 Å². The van der Waals surface area contributed by atoms with E-state index in [0.717, 1.165) is 19.5 Å². The van der Waals surface area contributed by atoms with Crippen molar-refractivity contribution in [3.05, 3.63) is 46.4 Å². The maximum absolute atomic E-state index is 8.88. The Balaban J connectivity index is 1.91. The van der Waals surface area contributed by atoms with Crippen molar-refractivity contribution >= 4 is 11.3 Å². The Labute approximate surface area is 112 Å². The second-order valence-corrected chi connectivity index (χ2v) is 5.53. The van der Waals surface area contributed by atoms with Gasteiger partial charge in [0.15, 0.2) is 0 Å². The fourth-order valence-electron chi connectivity index (χ4n) is 1.91. The Hall–Kier alpha value is -1.10. The zero-order valence-electron chi connectivity index (χ0n) is 10.7. The summed E-state index contributed by atoms with van der Waals surface area (Å²) >= 11 is 1.79. The molecule has 0 fully saturated rings. The molecule has 0 aliphatic heterocycles. The van der Waals surface area contributed by atoms with Gasteiger partial charge in [0.05, 0.1) is 6.54 Å². The third kappa shape index (κ3) is 3.70. The molecule has 0 aromatic carbocycles. The fraction of sp³-hybridized carbons (Fsp3) is 0.429. The van der Waals surface area contributed by atoms with Gasteiger partial charge in [-0.1, -0.05) is 6.07 Å². The van der Waals surface area contributed by atoms with Gasteiger partial charge in [-0.2, -0.15) is 0 Å². The van der Waals surface area contributed by atoms with E-state index in [0.29, 0.717) is 6.04 Å². The van der Waals surface area contributed by atoms with Crippen LogP contribution in [-0.2, 0) is 13.1 Å². The number of hydrogen-bond acceptors (Lipinski definition) is 3. The molecular weight excluding hydrogens is 244 g/mol. The van der Waals surface area contributed by atoms with Crippen LogP contribution in [0.4, 0.5) is 0 Å². The summed E-state index contributed by atoms with van der Waals surface area (Å²) < 4.78 is 2.27. The van der Waals surface area contributed by atoms with Crippen molar-refractivity contribution in [2.45, 2.75) is 32.5 Å². The second kappa shape index (κ2) is 6.73. The van der Waals surface area contributed by atoms with Crippen LogP contribution in [0.15, 0.2) is 35.8 Å². The maximum Gasteiger partial charge on any atom is 0.0566 e. The molecule has 1 unspecified atom stereocenters. The summed E-state index contributed by atoms with van der Waals surface area (Å²) in [6.07, 6.45) is 2.92. The number of nitrogens with zero attached hydrogens (tertiary/aromatic N) is 1. The van der Waals surface area contributed by atoms with Crippen molar-refractivity contribution in [2.24, 2.45) is 0 Å². The van der Waals surface area contributed by atoms with Crippen LogP contribution in [-0.4, -0.2) is 22.3 Å². The van der Waals surface area contributed by atoms with Gasteiger partial charge in [-0.15, -0.1) is 11.3 Å². The number of nitrogens with one attached hydrogen (secondary N) is 1. The van der Waals surface area contributed by atoms with Crippen molar-refractivity contribution in [2.75, 3.05) is 6.61 Å². The van der Waals surface area contributed by atoms with Gasteiger partial charge in [-0.05, 0) is 36.9 Å². The van der Waals surface area contributed by atoms with Crippen LogP contribution in [0.2, 0.25) is 0 Å². The summed E-state index contributed by atoms with van der Waals surface area (Å²) in [6, 6.07) is 8.83. The van der Waals surface area contributed by atoms with Gasteiger partial charge in [0.2, 0.25) is 0 Å². The second-order valence-electron chi connectivity index (χ2n) is 4.50. The van der Waals surface area contributed by atoms with Crippen LogP contribution in [0.5, 0.6) is 0 Å². The van der Waals surface area contributed by atoms with Gasteiger partial charge < -0.3 is 15.0 Å². The molecule has 18 heavy (non-hydrogen) atoms. The Morgan fingerprint density at radius 3 is 3.00 bits per heavy atom. The average molecular weight is 264 g/mol. The number of rotatable bonds is 7. The van der Waals surface area contributed by atoms with E-state index in [1.807, 2.05) is 0 Å². The minimum atomic E-state index is 0.240. The molecule has 0 radical (unpaired) electrons. The molecule has 2 N–H and O–H groups in total. The summed E-state index contributed by atoms with van der Waals surface area (Å²) in [7, 11) is 0. The van der Waals surface area contributed by atoms with Gasteiger partial charge in [0, 0.05) is 36.0 Å². The average Bonchev–Trinajstić information content (AvgIpc) is 2.99. The van der Waals surface area contributed by atoms with E-state index in [1.54, 1.807) is 11.3 Å². The number of aromatic nitrogens is 1. The molecule has 1 atom stereocenters. The van der Waals surface area contributed by atoms with Crippen LogP contribution in [0.1, 0.15) is 23.9 Å². The molecule has 2 rings (SSSR count). The molecule has 2 aromatic rings. The standard InChI is InChI=1S/C14H20N2OS/c1-12(6-8-17)15-10-13-4-2-7-16(13)11-14-5-3-9-18-14/h2-5,7,9,12,15,17H,6,8,10-11H2,1H3. The van der Waals surface area contributed by atoms with Gasteiger partial charge in [0.1, 0.15) is 0 Å². The first-order valence-corrected chi connectivity index (χ1v) is 7.18. The summed E-state index contributed by atoms with van der Waals surface area (Å²) in [6.45, 7) is 4.13. The van der Waals surface area contributed by atoms with Crippen molar-refractivity contribution in [3.8, 4) is 0 Å². The molecular formula is C14H20N2OS. The van der Waals surface area contributed by atoms with E-state index in [4.69, 9.17) is 5.11 Å². The SMILES string of the molecule is CC(CCO)NCc1cccn1Cc1cccs1. The number of thiophene rings is 1. The van der Waals surface area contributed by atoms with Crippen LogP contribution in [0, 0.1) is 0 Å². The molecule has 0 aliphatic rings. The third-order valence-electron chi connectivity index (χ3n) is 3.02. The highest BCUT2D eigenvalue weighted by atomic mass is 32.1. The molecule has 2 aromatic heterocycles. The first kappa shape index (κ1) is 13.3.